The molecule has 1 heterocycles. The number of carbonyl (C=O) groups excluding carboxylic acids is 1. The molecule has 0 bridgehead atoms. The monoisotopic (exact) mass is 477 g/mol. The van der Waals surface area contributed by atoms with Gasteiger partial charge in [-0.15, -0.1) is 0 Å². The average Bonchev–Trinajstić information content (AvgIpc) is 3.26. The lowest BCUT2D eigenvalue weighted by atomic mass is 9.98. The minimum Gasteiger partial charge on any atom is -0.497 e. The molecule has 1 aromatic heterocycles. The Balaban J connectivity index is 1.77. The predicted molar refractivity (Wildman–Crippen MR) is 135 cm³/mol. The van der Waals surface area contributed by atoms with Gasteiger partial charge in [-0.05, 0) is 48.9 Å². The molecule has 0 aliphatic carbocycles. The highest BCUT2D eigenvalue weighted by Crippen LogP contribution is 2.41. The third-order valence-corrected chi connectivity index (χ3v) is 5.83. The van der Waals surface area contributed by atoms with E-state index in [4.69, 9.17) is 30.2 Å². The summed E-state index contributed by atoms with van der Waals surface area (Å²) in [6, 6.07) is 16.4. The molecule has 1 N–H and O–H groups in total. The molecule has 0 saturated heterocycles. The normalized spacial score (nSPS) is 11.4. The van der Waals surface area contributed by atoms with Crippen LogP contribution in [0.2, 0.25) is 5.02 Å². The Hall–Kier alpha value is -3.90. The molecule has 0 unspecified atom stereocenters. The summed E-state index contributed by atoms with van der Waals surface area (Å²) in [5, 5.41) is 4.13. The first-order chi connectivity index (χ1) is 16.4. The summed E-state index contributed by atoms with van der Waals surface area (Å²) in [5.41, 5.74) is 4.33. The highest BCUT2D eigenvalue weighted by Gasteiger charge is 2.18. The number of para-hydroxylation sites is 1. The van der Waals surface area contributed by atoms with Gasteiger partial charge in [0.2, 0.25) is 5.91 Å². The highest BCUT2D eigenvalue weighted by molar-refractivity contribution is 6.33. The minimum atomic E-state index is -0.297. The van der Waals surface area contributed by atoms with Crippen LogP contribution >= 0.6 is 11.6 Å². The largest absolute Gasteiger partial charge is 0.497 e. The SMILES string of the molecule is COc1ccc(OC)c(-c2coc3cc(OC)c(/C(C)=C/C(=O)Nc4ccccc4Cl)cc23)c1. The number of hydrogen-bond donors (Lipinski definition) is 1. The van der Waals surface area contributed by atoms with E-state index in [9.17, 15) is 4.79 Å². The summed E-state index contributed by atoms with van der Waals surface area (Å²) in [6.45, 7) is 1.85. The lowest BCUT2D eigenvalue weighted by Gasteiger charge is -2.12. The fourth-order valence-corrected chi connectivity index (χ4v) is 3.95. The van der Waals surface area contributed by atoms with Crippen molar-refractivity contribution in [3.8, 4) is 28.4 Å². The minimum absolute atomic E-state index is 0.297. The molecule has 3 aromatic carbocycles. The number of carbonyl (C=O) groups is 1. The fraction of sp³-hybridized carbons (Fsp3) is 0.148. The summed E-state index contributed by atoms with van der Waals surface area (Å²) in [7, 11) is 4.81. The number of fused-ring (bicyclic) bond motifs is 1. The summed E-state index contributed by atoms with van der Waals surface area (Å²) in [4.78, 5) is 12.7. The number of benzene rings is 3. The number of furan rings is 1. The molecule has 1 amide bonds. The average molecular weight is 478 g/mol. The van der Waals surface area contributed by atoms with E-state index in [1.807, 2.05) is 43.3 Å². The molecular weight excluding hydrogens is 454 g/mol. The lowest BCUT2D eigenvalue weighted by Crippen LogP contribution is -2.09. The molecule has 0 spiro atoms. The standard InChI is InChI=1S/C27H24ClNO5/c1-16(11-27(30)29-23-8-6-5-7-22(23)28)18-13-20-21(15-34-26(20)14-25(18)33-4)19-12-17(31-2)9-10-24(19)32-3/h5-15H,1-4H3,(H,29,30)/b16-11+. The molecule has 34 heavy (non-hydrogen) atoms. The van der Waals surface area contributed by atoms with Gasteiger partial charge in [-0.1, -0.05) is 23.7 Å². The third kappa shape index (κ3) is 4.58. The maximum Gasteiger partial charge on any atom is 0.248 e. The van der Waals surface area contributed by atoms with Gasteiger partial charge < -0.3 is 23.9 Å². The molecule has 7 heteroatoms. The Bertz CT molecular complexity index is 1390. The van der Waals surface area contributed by atoms with Gasteiger partial charge >= 0.3 is 0 Å². The van der Waals surface area contributed by atoms with Crippen LogP contribution in [0.4, 0.5) is 5.69 Å². The van der Waals surface area contributed by atoms with Gasteiger partial charge in [-0.2, -0.15) is 0 Å². The second kappa shape index (κ2) is 9.93. The molecular formula is C27H24ClNO5. The van der Waals surface area contributed by atoms with Gasteiger partial charge in [0, 0.05) is 34.2 Å². The first kappa shape index (κ1) is 23.3. The molecule has 0 atom stereocenters. The van der Waals surface area contributed by atoms with Crippen molar-refractivity contribution in [2.45, 2.75) is 6.92 Å². The summed E-state index contributed by atoms with van der Waals surface area (Å²) in [5.74, 6) is 1.68. The van der Waals surface area contributed by atoms with Crippen LogP contribution in [0.15, 0.2) is 71.4 Å². The Morgan fingerprint density at radius 2 is 1.71 bits per heavy atom. The number of rotatable bonds is 7. The first-order valence-corrected chi connectivity index (χ1v) is 10.9. The van der Waals surface area contributed by atoms with Gasteiger partial charge in [0.1, 0.15) is 22.8 Å². The fourth-order valence-electron chi connectivity index (χ4n) is 3.77. The number of ether oxygens (including phenoxy) is 3. The van der Waals surface area contributed by atoms with Crippen molar-refractivity contribution in [2.24, 2.45) is 0 Å². The van der Waals surface area contributed by atoms with E-state index in [-0.39, 0.29) is 5.91 Å². The van der Waals surface area contributed by atoms with E-state index in [0.717, 1.165) is 22.1 Å². The molecule has 0 fully saturated rings. The lowest BCUT2D eigenvalue weighted by molar-refractivity contribution is -0.111. The van der Waals surface area contributed by atoms with Crippen LogP contribution in [-0.4, -0.2) is 27.2 Å². The van der Waals surface area contributed by atoms with E-state index in [1.54, 1.807) is 45.8 Å². The number of allylic oxidation sites excluding steroid dienone is 1. The third-order valence-electron chi connectivity index (χ3n) is 5.50. The summed E-state index contributed by atoms with van der Waals surface area (Å²) < 4.78 is 22.4. The summed E-state index contributed by atoms with van der Waals surface area (Å²) in [6.07, 6.45) is 3.19. The van der Waals surface area contributed by atoms with Crippen LogP contribution in [-0.2, 0) is 4.79 Å². The van der Waals surface area contributed by atoms with Gasteiger partial charge in [0.25, 0.3) is 0 Å². The van der Waals surface area contributed by atoms with Crippen LogP contribution in [0.3, 0.4) is 0 Å². The Kier molecular flexibility index (Phi) is 6.80. The first-order valence-electron chi connectivity index (χ1n) is 10.5. The molecule has 174 valence electrons. The Labute approximate surface area is 202 Å². The molecule has 0 aliphatic heterocycles. The molecule has 0 saturated carbocycles. The van der Waals surface area contributed by atoms with Gasteiger partial charge in [-0.3, -0.25) is 4.79 Å². The van der Waals surface area contributed by atoms with Crippen molar-refractivity contribution in [2.75, 3.05) is 26.6 Å². The van der Waals surface area contributed by atoms with Crippen molar-refractivity contribution in [1.29, 1.82) is 0 Å². The van der Waals surface area contributed by atoms with E-state index in [0.29, 0.717) is 39.1 Å². The number of anilines is 1. The van der Waals surface area contributed by atoms with E-state index in [1.165, 1.54) is 6.08 Å². The van der Waals surface area contributed by atoms with Crippen molar-refractivity contribution < 1.29 is 23.4 Å². The van der Waals surface area contributed by atoms with Gasteiger partial charge in [0.05, 0.1) is 38.3 Å². The molecule has 6 nitrogen and oxygen atoms in total. The zero-order chi connectivity index (χ0) is 24.2. The van der Waals surface area contributed by atoms with Crippen molar-refractivity contribution >= 4 is 39.7 Å². The van der Waals surface area contributed by atoms with Crippen molar-refractivity contribution in [1.82, 2.24) is 0 Å². The zero-order valence-electron chi connectivity index (χ0n) is 19.3. The molecule has 0 radical (unpaired) electrons. The van der Waals surface area contributed by atoms with Crippen LogP contribution in [0.5, 0.6) is 17.2 Å². The Morgan fingerprint density at radius 3 is 2.41 bits per heavy atom. The molecule has 4 aromatic rings. The second-order valence-electron chi connectivity index (χ2n) is 7.56. The topological polar surface area (TPSA) is 69.9 Å². The second-order valence-corrected chi connectivity index (χ2v) is 7.97. The van der Waals surface area contributed by atoms with Crippen molar-refractivity contribution in [3.63, 3.8) is 0 Å². The maximum atomic E-state index is 12.7. The van der Waals surface area contributed by atoms with Crippen LogP contribution in [0.25, 0.3) is 27.7 Å². The van der Waals surface area contributed by atoms with Gasteiger partial charge in [-0.25, -0.2) is 0 Å². The quantitative estimate of drug-likeness (QED) is 0.296. The van der Waals surface area contributed by atoms with E-state index >= 15 is 0 Å². The number of halogens is 1. The van der Waals surface area contributed by atoms with Crippen molar-refractivity contribution in [3.05, 3.63) is 77.5 Å². The van der Waals surface area contributed by atoms with Crippen LogP contribution in [0.1, 0.15) is 12.5 Å². The molecule has 4 rings (SSSR count). The Morgan fingerprint density at radius 1 is 0.941 bits per heavy atom. The maximum absolute atomic E-state index is 12.7. The zero-order valence-corrected chi connectivity index (χ0v) is 20.0. The summed E-state index contributed by atoms with van der Waals surface area (Å²) >= 11 is 6.16. The van der Waals surface area contributed by atoms with E-state index < -0.39 is 0 Å². The number of methoxy groups -OCH3 is 3. The van der Waals surface area contributed by atoms with Crippen LogP contribution < -0.4 is 19.5 Å². The van der Waals surface area contributed by atoms with E-state index in [2.05, 4.69) is 5.32 Å². The predicted octanol–water partition coefficient (Wildman–Crippen LogP) is 6.82. The highest BCUT2D eigenvalue weighted by atomic mass is 35.5. The number of amides is 1. The van der Waals surface area contributed by atoms with Crippen LogP contribution in [0, 0.1) is 0 Å². The van der Waals surface area contributed by atoms with Gasteiger partial charge in [0.15, 0.2) is 0 Å². The smallest absolute Gasteiger partial charge is 0.248 e. The molecule has 0 aliphatic rings. The number of hydrogen-bond acceptors (Lipinski definition) is 5. The number of nitrogens with one attached hydrogen (secondary N) is 1.